The Labute approximate surface area is 92.0 Å². The second kappa shape index (κ2) is 5.06. The largest absolute Gasteiger partial charge is 0.360 e. The van der Waals surface area contributed by atoms with Gasteiger partial charge in [-0.15, -0.1) is 0 Å². The molecule has 14 heavy (non-hydrogen) atoms. The fourth-order valence-electron chi connectivity index (χ4n) is 1.79. The summed E-state index contributed by atoms with van der Waals surface area (Å²) in [6.07, 6.45) is 3.52. The molecule has 0 bridgehead atoms. The maximum atomic E-state index is 4.51. The lowest BCUT2D eigenvalue weighted by molar-refractivity contribution is 0.342. The van der Waals surface area contributed by atoms with Crippen LogP contribution in [-0.4, -0.2) is 22.5 Å². The van der Waals surface area contributed by atoms with Crippen molar-refractivity contribution in [3.8, 4) is 0 Å². The Balaban J connectivity index is 2.56. The van der Waals surface area contributed by atoms with E-state index in [0.717, 1.165) is 11.7 Å². The number of hydrogen-bond donors (Lipinski definition) is 1. The van der Waals surface area contributed by atoms with Gasteiger partial charge in [-0.1, -0.05) is 39.5 Å². The molecule has 1 aliphatic rings. The summed E-state index contributed by atoms with van der Waals surface area (Å²) in [6, 6.07) is 0. The SMILES string of the molecule is CCC(CC)(CC)NC1=NCC(C)S1. The van der Waals surface area contributed by atoms with E-state index in [1.807, 2.05) is 11.8 Å². The highest BCUT2D eigenvalue weighted by Gasteiger charge is 2.27. The summed E-state index contributed by atoms with van der Waals surface area (Å²) >= 11 is 1.88. The Morgan fingerprint density at radius 3 is 2.29 bits per heavy atom. The zero-order valence-electron chi connectivity index (χ0n) is 9.76. The Hall–Kier alpha value is -0.180. The van der Waals surface area contributed by atoms with Crippen molar-refractivity contribution in [2.75, 3.05) is 6.54 Å². The Morgan fingerprint density at radius 1 is 1.36 bits per heavy atom. The molecule has 0 saturated heterocycles. The fourth-order valence-corrected chi connectivity index (χ4v) is 2.74. The summed E-state index contributed by atoms with van der Waals surface area (Å²) in [6.45, 7) is 9.96. The van der Waals surface area contributed by atoms with Crippen LogP contribution in [0, 0.1) is 0 Å². The monoisotopic (exact) mass is 214 g/mol. The van der Waals surface area contributed by atoms with E-state index >= 15 is 0 Å². The molecule has 0 aliphatic carbocycles. The lowest BCUT2D eigenvalue weighted by atomic mass is 9.90. The molecule has 1 heterocycles. The van der Waals surface area contributed by atoms with Crippen LogP contribution in [-0.2, 0) is 0 Å². The van der Waals surface area contributed by atoms with Gasteiger partial charge in [-0.2, -0.15) is 0 Å². The number of nitrogens with one attached hydrogen (secondary N) is 1. The maximum Gasteiger partial charge on any atom is 0.157 e. The van der Waals surface area contributed by atoms with Crippen LogP contribution in [0.15, 0.2) is 4.99 Å². The molecule has 0 amide bonds. The Morgan fingerprint density at radius 2 is 1.93 bits per heavy atom. The molecule has 0 aromatic heterocycles. The number of rotatable bonds is 4. The van der Waals surface area contributed by atoms with Crippen LogP contribution in [0.4, 0.5) is 0 Å². The van der Waals surface area contributed by atoms with E-state index in [1.54, 1.807) is 0 Å². The zero-order valence-corrected chi connectivity index (χ0v) is 10.6. The smallest absolute Gasteiger partial charge is 0.157 e. The molecule has 0 fully saturated rings. The number of amidine groups is 1. The Bertz CT molecular complexity index is 201. The van der Waals surface area contributed by atoms with Crippen LogP contribution in [0.5, 0.6) is 0 Å². The van der Waals surface area contributed by atoms with Crippen LogP contribution in [0.2, 0.25) is 0 Å². The third kappa shape index (κ3) is 2.66. The zero-order chi connectivity index (χ0) is 10.6. The van der Waals surface area contributed by atoms with E-state index in [4.69, 9.17) is 0 Å². The molecule has 1 N–H and O–H groups in total. The van der Waals surface area contributed by atoms with Gasteiger partial charge < -0.3 is 5.32 Å². The third-order valence-corrected chi connectivity index (χ3v) is 4.21. The normalized spacial score (nSPS) is 22.3. The van der Waals surface area contributed by atoms with Crippen LogP contribution >= 0.6 is 11.8 Å². The van der Waals surface area contributed by atoms with Gasteiger partial charge in [0.05, 0.1) is 6.54 Å². The first-order chi connectivity index (χ1) is 6.65. The highest BCUT2D eigenvalue weighted by molar-refractivity contribution is 8.14. The maximum absolute atomic E-state index is 4.51. The number of hydrogen-bond acceptors (Lipinski definition) is 3. The van der Waals surface area contributed by atoms with Gasteiger partial charge in [0.1, 0.15) is 0 Å². The molecule has 0 saturated carbocycles. The van der Waals surface area contributed by atoms with Crippen molar-refractivity contribution >= 4 is 16.9 Å². The molecule has 3 heteroatoms. The van der Waals surface area contributed by atoms with Crippen molar-refractivity contribution in [3.05, 3.63) is 0 Å². The minimum Gasteiger partial charge on any atom is -0.360 e. The number of thioether (sulfide) groups is 1. The van der Waals surface area contributed by atoms with Crippen LogP contribution in [0.1, 0.15) is 47.0 Å². The minimum absolute atomic E-state index is 0.274. The van der Waals surface area contributed by atoms with Gasteiger partial charge in [-0.05, 0) is 19.3 Å². The Kier molecular flexibility index (Phi) is 4.30. The van der Waals surface area contributed by atoms with Gasteiger partial charge in [0, 0.05) is 10.8 Å². The van der Waals surface area contributed by atoms with E-state index in [2.05, 4.69) is 38.0 Å². The lowest BCUT2D eigenvalue weighted by Gasteiger charge is -2.32. The average molecular weight is 214 g/mol. The summed E-state index contributed by atoms with van der Waals surface area (Å²) < 4.78 is 0. The van der Waals surface area contributed by atoms with Crippen molar-refractivity contribution in [2.24, 2.45) is 4.99 Å². The van der Waals surface area contributed by atoms with Crippen molar-refractivity contribution in [2.45, 2.75) is 57.7 Å². The summed E-state index contributed by atoms with van der Waals surface area (Å²) in [5.41, 5.74) is 0.274. The van der Waals surface area contributed by atoms with Gasteiger partial charge >= 0.3 is 0 Å². The van der Waals surface area contributed by atoms with E-state index in [-0.39, 0.29) is 5.54 Å². The molecule has 1 atom stereocenters. The number of aliphatic imine (C=N–C) groups is 1. The average Bonchev–Trinajstić information content (AvgIpc) is 2.61. The molecule has 1 aliphatic heterocycles. The quantitative estimate of drug-likeness (QED) is 0.778. The summed E-state index contributed by atoms with van der Waals surface area (Å²) in [7, 11) is 0. The molecule has 1 rings (SSSR count). The minimum atomic E-state index is 0.274. The molecular formula is C11H22N2S. The highest BCUT2D eigenvalue weighted by Crippen LogP contribution is 2.25. The summed E-state index contributed by atoms with van der Waals surface area (Å²) in [5, 5.41) is 5.43. The van der Waals surface area contributed by atoms with Gasteiger partial charge in [-0.3, -0.25) is 4.99 Å². The van der Waals surface area contributed by atoms with Crippen molar-refractivity contribution in [3.63, 3.8) is 0 Å². The first-order valence-corrected chi connectivity index (χ1v) is 6.53. The first-order valence-electron chi connectivity index (χ1n) is 5.65. The number of nitrogens with zero attached hydrogens (tertiary/aromatic N) is 1. The van der Waals surface area contributed by atoms with Crippen molar-refractivity contribution in [1.82, 2.24) is 5.32 Å². The summed E-state index contributed by atoms with van der Waals surface area (Å²) in [5.74, 6) is 0. The van der Waals surface area contributed by atoms with Crippen LogP contribution in [0.3, 0.4) is 0 Å². The van der Waals surface area contributed by atoms with E-state index < -0.39 is 0 Å². The molecule has 2 nitrogen and oxygen atoms in total. The molecule has 0 aromatic carbocycles. The highest BCUT2D eigenvalue weighted by atomic mass is 32.2. The van der Waals surface area contributed by atoms with E-state index in [9.17, 15) is 0 Å². The second-order valence-corrected chi connectivity index (χ2v) is 5.47. The molecule has 1 unspecified atom stereocenters. The van der Waals surface area contributed by atoms with E-state index in [0.29, 0.717) is 5.25 Å². The van der Waals surface area contributed by atoms with Crippen LogP contribution in [0.25, 0.3) is 0 Å². The van der Waals surface area contributed by atoms with Crippen LogP contribution < -0.4 is 5.32 Å². The fraction of sp³-hybridized carbons (Fsp3) is 0.909. The predicted molar refractivity (Wildman–Crippen MR) is 66.1 cm³/mol. The van der Waals surface area contributed by atoms with Gasteiger partial charge in [-0.25, -0.2) is 0 Å². The molecule has 0 radical (unpaired) electrons. The molecular weight excluding hydrogens is 192 g/mol. The molecule has 82 valence electrons. The van der Waals surface area contributed by atoms with Gasteiger partial charge in [0.25, 0.3) is 0 Å². The predicted octanol–water partition coefficient (Wildman–Crippen LogP) is 3.04. The molecule has 0 spiro atoms. The topological polar surface area (TPSA) is 24.4 Å². The van der Waals surface area contributed by atoms with E-state index in [1.165, 1.54) is 19.3 Å². The van der Waals surface area contributed by atoms with Gasteiger partial charge in [0.2, 0.25) is 0 Å². The third-order valence-electron chi connectivity index (χ3n) is 3.21. The summed E-state index contributed by atoms with van der Waals surface area (Å²) in [4.78, 5) is 4.51. The van der Waals surface area contributed by atoms with Gasteiger partial charge in [0.15, 0.2) is 5.17 Å². The first kappa shape index (κ1) is 11.9. The van der Waals surface area contributed by atoms with Crippen molar-refractivity contribution in [1.29, 1.82) is 0 Å². The van der Waals surface area contributed by atoms with Crippen molar-refractivity contribution < 1.29 is 0 Å². The molecule has 0 aromatic rings. The standard InChI is InChI=1S/C11H22N2S/c1-5-11(6-2,7-3)13-10-12-8-9(4)14-10/h9H,5-8H2,1-4H3,(H,12,13). The second-order valence-electron chi connectivity index (χ2n) is 4.04. The lowest BCUT2D eigenvalue weighted by Crippen LogP contribution is -2.45.